The third-order valence-electron chi connectivity index (χ3n) is 3.10. The molecule has 5 heteroatoms. The number of aromatic nitrogens is 1. The Kier molecular flexibility index (Phi) is 4.74. The minimum Gasteiger partial charge on any atom is -0.378 e. The van der Waals surface area contributed by atoms with E-state index in [2.05, 4.69) is 4.98 Å². The van der Waals surface area contributed by atoms with Gasteiger partial charge in [-0.3, -0.25) is 4.79 Å². The summed E-state index contributed by atoms with van der Waals surface area (Å²) in [5, 5.41) is 3.02. The Morgan fingerprint density at radius 3 is 2.75 bits per heavy atom. The Hall–Kier alpha value is -1.88. The minimum absolute atomic E-state index is 0.0465. The number of carbonyl (C=O) groups excluding carboxylic acids is 1. The van der Waals surface area contributed by atoms with Gasteiger partial charge in [-0.1, -0.05) is 6.07 Å². The number of rotatable bonds is 5. The number of benzene rings is 1. The van der Waals surface area contributed by atoms with E-state index in [1.165, 1.54) is 0 Å². The highest BCUT2D eigenvalue weighted by molar-refractivity contribution is 7.09. The lowest BCUT2D eigenvalue weighted by atomic mass is 10.1. The van der Waals surface area contributed by atoms with Crippen molar-refractivity contribution in [2.45, 2.75) is 6.42 Å². The normalized spacial score (nSPS) is 10.3. The van der Waals surface area contributed by atoms with Crippen LogP contribution < -0.4 is 4.90 Å². The molecule has 0 fully saturated rings. The van der Waals surface area contributed by atoms with Crippen molar-refractivity contribution in [3.05, 3.63) is 46.4 Å². The number of thiazole rings is 1. The van der Waals surface area contributed by atoms with Crippen molar-refractivity contribution in [2.75, 3.05) is 32.6 Å². The number of carbonyl (C=O) groups is 1. The van der Waals surface area contributed by atoms with Gasteiger partial charge in [0, 0.05) is 56.9 Å². The maximum atomic E-state index is 12.4. The predicted molar refractivity (Wildman–Crippen MR) is 83.5 cm³/mol. The van der Waals surface area contributed by atoms with Gasteiger partial charge in [0.2, 0.25) is 0 Å². The number of hydrogen-bond donors (Lipinski definition) is 0. The van der Waals surface area contributed by atoms with Gasteiger partial charge in [0.05, 0.1) is 5.01 Å². The van der Waals surface area contributed by atoms with Crippen molar-refractivity contribution in [1.29, 1.82) is 0 Å². The van der Waals surface area contributed by atoms with Crippen LogP contribution in [-0.2, 0) is 6.42 Å². The van der Waals surface area contributed by atoms with Crippen LogP contribution in [0.4, 0.5) is 5.69 Å². The monoisotopic (exact) mass is 289 g/mol. The van der Waals surface area contributed by atoms with E-state index in [4.69, 9.17) is 0 Å². The van der Waals surface area contributed by atoms with Crippen molar-refractivity contribution in [1.82, 2.24) is 9.88 Å². The standard InChI is InChI=1S/C15H19N3OS/c1-17(2)13-6-4-5-12(11-13)15(19)18(3)9-7-14-16-8-10-20-14/h4-6,8,10-11H,7,9H2,1-3H3. The molecule has 106 valence electrons. The molecule has 0 saturated carbocycles. The molecule has 0 N–H and O–H groups in total. The summed E-state index contributed by atoms with van der Waals surface area (Å²) in [6, 6.07) is 7.68. The zero-order valence-electron chi connectivity index (χ0n) is 12.0. The molecule has 2 aromatic rings. The van der Waals surface area contributed by atoms with Gasteiger partial charge < -0.3 is 9.80 Å². The molecule has 2 rings (SSSR count). The number of anilines is 1. The molecule has 0 spiro atoms. The third kappa shape index (κ3) is 3.57. The fraction of sp³-hybridized carbons (Fsp3) is 0.333. The first kappa shape index (κ1) is 14.5. The molecule has 0 bridgehead atoms. The summed E-state index contributed by atoms with van der Waals surface area (Å²) < 4.78 is 0. The summed E-state index contributed by atoms with van der Waals surface area (Å²) in [7, 11) is 5.77. The van der Waals surface area contributed by atoms with Crippen LogP contribution in [0.5, 0.6) is 0 Å². The number of nitrogens with zero attached hydrogens (tertiary/aromatic N) is 3. The van der Waals surface area contributed by atoms with E-state index in [0.717, 1.165) is 22.7 Å². The molecule has 20 heavy (non-hydrogen) atoms. The number of likely N-dealkylation sites (N-methyl/N-ethyl adjacent to an activating group) is 1. The molecular weight excluding hydrogens is 270 g/mol. The maximum Gasteiger partial charge on any atom is 0.253 e. The van der Waals surface area contributed by atoms with Crippen LogP contribution in [0, 0.1) is 0 Å². The Morgan fingerprint density at radius 2 is 2.10 bits per heavy atom. The van der Waals surface area contributed by atoms with E-state index in [9.17, 15) is 4.79 Å². The summed E-state index contributed by atoms with van der Waals surface area (Å²) in [6.45, 7) is 0.679. The van der Waals surface area contributed by atoms with Gasteiger partial charge >= 0.3 is 0 Å². The van der Waals surface area contributed by atoms with Crippen LogP contribution >= 0.6 is 11.3 Å². The maximum absolute atomic E-state index is 12.4. The van der Waals surface area contributed by atoms with E-state index < -0.39 is 0 Å². The average Bonchev–Trinajstić information content (AvgIpc) is 2.97. The highest BCUT2D eigenvalue weighted by Gasteiger charge is 2.12. The lowest BCUT2D eigenvalue weighted by molar-refractivity contribution is 0.0796. The largest absolute Gasteiger partial charge is 0.378 e. The molecule has 1 aromatic carbocycles. The zero-order chi connectivity index (χ0) is 14.5. The van der Waals surface area contributed by atoms with Gasteiger partial charge in [0.1, 0.15) is 0 Å². The number of hydrogen-bond acceptors (Lipinski definition) is 4. The van der Waals surface area contributed by atoms with Gasteiger partial charge in [0.25, 0.3) is 5.91 Å². The van der Waals surface area contributed by atoms with E-state index in [-0.39, 0.29) is 5.91 Å². The lowest BCUT2D eigenvalue weighted by Gasteiger charge is -2.18. The SMILES string of the molecule is CN(CCc1nccs1)C(=O)c1cccc(N(C)C)c1. The molecule has 4 nitrogen and oxygen atoms in total. The van der Waals surface area contributed by atoms with Crippen molar-refractivity contribution in [3.63, 3.8) is 0 Å². The molecule has 0 unspecified atom stereocenters. The van der Waals surface area contributed by atoms with Crippen LogP contribution in [-0.4, -0.2) is 43.5 Å². The molecule has 0 saturated heterocycles. The third-order valence-corrected chi connectivity index (χ3v) is 3.94. The Labute approximate surface area is 123 Å². The highest BCUT2D eigenvalue weighted by Crippen LogP contribution is 2.15. The van der Waals surface area contributed by atoms with Gasteiger partial charge in [-0.25, -0.2) is 4.98 Å². The molecular formula is C15H19N3OS. The van der Waals surface area contributed by atoms with E-state index in [1.54, 1.807) is 22.4 Å². The van der Waals surface area contributed by atoms with Gasteiger partial charge in [-0.15, -0.1) is 11.3 Å². The second kappa shape index (κ2) is 6.52. The van der Waals surface area contributed by atoms with Crippen molar-refractivity contribution >= 4 is 22.9 Å². The fourth-order valence-electron chi connectivity index (χ4n) is 1.88. The number of amides is 1. The van der Waals surface area contributed by atoms with Crippen molar-refractivity contribution < 1.29 is 4.79 Å². The summed E-state index contributed by atoms with van der Waals surface area (Å²) in [5.74, 6) is 0.0465. The lowest BCUT2D eigenvalue weighted by Crippen LogP contribution is -2.29. The second-order valence-electron chi connectivity index (χ2n) is 4.85. The van der Waals surface area contributed by atoms with Gasteiger partial charge in [-0.2, -0.15) is 0 Å². The summed E-state index contributed by atoms with van der Waals surface area (Å²) in [5.41, 5.74) is 1.75. The first-order valence-corrected chi connectivity index (χ1v) is 7.37. The molecule has 1 amide bonds. The minimum atomic E-state index is 0.0465. The van der Waals surface area contributed by atoms with Crippen molar-refractivity contribution in [3.8, 4) is 0 Å². The van der Waals surface area contributed by atoms with Crippen LogP contribution in [0.15, 0.2) is 35.8 Å². The smallest absolute Gasteiger partial charge is 0.253 e. The van der Waals surface area contributed by atoms with Gasteiger partial charge in [0.15, 0.2) is 0 Å². The van der Waals surface area contributed by atoms with Crippen LogP contribution in [0.25, 0.3) is 0 Å². The summed E-state index contributed by atoms with van der Waals surface area (Å²) in [6.07, 6.45) is 2.59. The molecule has 0 aliphatic rings. The molecule has 0 atom stereocenters. The first-order chi connectivity index (χ1) is 9.58. The predicted octanol–water partition coefficient (Wildman–Crippen LogP) is 2.52. The van der Waals surface area contributed by atoms with E-state index in [0.29, 0.717) is 6.54 Å². The Bertz CT molecular complexity index is 566. The average molecular weight is 289 g/mol. The topological polar surface area (TPSA) is 36.4 Å². The van der Waals surface area contributed by atoms with Crippen LogP contribution in [0.1, 0.15) is 15.4 Å². The second-order valence-corrected chi connectivity index (χ2v) is 5.83. The zero-order valence-corrected chi connectivity index (χ0v) is 12.9. The molecule has 0 aliphatic heterocycles. The molecule has 1 heterocycles. The molecule has 1 aromatic heterocycles. The fourth-order valence-corrected chi connectivity index (χ4v) is 2.49. The first-order valence-electron chi connectivity index (χ1n) is 6.49. The van der Waals surface area contributed by atoms with Crippen LogP contribution in [0.2, 0.25) is 0 Å². The summed E-state index contributed by atoms with van der Waals surface area (Å²) >= 11 is 1.62. The Balaban J connectivity index is 2.01. The van der Waals surface area contributed by atoms with E-state index >= 15 is 0 Å². The summed E-state index contributed by atoms with van der Waals surface area (Å²) in [4.78, 5) is 20.3. The molecule has 0 aliphatic carbocycles. The van der Waals surface area contributed by atoms with Crippen LogP contribution in [0.3, 0.4) is 0 Å². The highest BCUT2D eigenvalue weighted by atomic mass is 32.1. The van der Waals surface area contributed by atoms with Gasteiger partial charge in [-0.05, 0) is 18.2 Å². The van der Waals surface area contributed by atoms with E-state index in [1.807, 2.05) is 55.7 Å². The van der Waals surface area contributed by atoms with Crippen molar-refractivity contribution in [2.24, 2.45) is 0 Å². The molecule has 0 radical (unpaired) electrons. The Morgan fingerprint density at radius 1 is 1.30 bits per heavy atom. The quantitative estimate of drug-likeness (QED) is 0.848.